The van der Waals surface area contributed by atoms with Crippen molar-refractivity contribution in [3.63, 3.8) is 0 Å². The van der Waals surface area contributed by atoms with Crippen LogP contribution in [0.5, 0.6) is 0 Å². The molecule has 4 nitrogen and oxygen atoms in total. The molecule has 2 N–H and O–H groups in total. The number of carbonyl (C=O) groups is 1. The highest BCUT2D eigenvalue weighted by atomic mass is 19.1. The van der Waals surface area contributed by atoms with Gasteiger partial charge in [0, 0.05) is 13.1 Å². The van der Waals surface area contributed by atoms with Gasteiger partial charge in [0.25, 0.3) is 0 Å². The number of amides is 1. The fraction of sp³-hybridized carbons (Fsp3) is 0.562. The van der Waals surface area contributed by atoms with E-state index in [0.29, 0.717) is 0 Å². The van der Waals surface area contributed by atoms with Crippen LogP contribution in [0.3, 0.4) is 0 Å². The second-order valence-corrected chi connectivity index (χ2v) is 6.18. The van der Waals surface area contributed by atoms with Crippen LogP contribution >= 0.6 is 0 Å². The maximum absolute atomic E-state index is 13.0. The van der Waals surface area contributed by atoms with Crippen molar-refractivity contribution in [1.29, 1.82) is 0 Å². The van der Waals surface area contributed by atoms with Gasteiger partial charge in [0.15, 0.2) is 0 Å². The second kappa shape index (κ2) is 6.54. The van der Waals surface area contributed by atoms with Gasteiger partial charge in [-0.05, 0) is 30.5 Å². The summed E-state index contributed by atoms with van der Waals surface area (Å²) in [5.74, 6) is -0.215. The molecule has 2 rings (SSSR count). The summed E-state index contributed by atoms with van der Waals surface area (Å²) in [6.07, 6.45) is 0. The van der Waals surface area contributed by atoms with Crippen molar-refractivity contribution < 1.29 is 13.9 Å². The number of carbonyl (C=O) groups excluding carboxylic acids is 1. The number of nitrogens with one attached hydrogen (secondary N) is 2. The average Bonchev–Trinajstić information content (AvgIpc) is 2.41. The molecule has 0 aliphatic carbocycles. The first-order valence-corrected chi connectivity index (χ1v) is 7.29. The zero-order valence-electron chi connectivity index (χ0n) is 12.8. The van der Waals surface area contributed by atoms with Gasteiger partial charge in [0.2, 0.25) is 5.91 Å². The van der Waals surface area contributed by atoms with Crippen LogP contribution in [-0.4, -0.2) is 31.2 Å². The number of rotatable bonds is 6. The average molecular weight is 294 g/mol. The molecular weight excluding hydrogens is 271 g/mol. The minimum atomic E-state index is -0.277. The van der Waals surface area contributed by atoms with E-state index >= 15 is 0 Å². The lowest BCUT2D eigenvalue weighted by Crippen LogP contribution is -2.59. The molecular formula is C16H23FN2O2. The summed E-state index contributed by atoms with van der Waals surface area (Å²) in [5.41, 5.74) is 0.664. The van der Waals surface area contributed by atoms with E-state index in [-0.39, 0.29) is 35.9 Å². The summed E-state index contributed by atoms with van der Waals surface area (Å²) in [6.45, 7) is 7.61. The number of hydrogen-bond acceptors (Lipinski definition) is 3. The Kier molecular flexibility index (Phi) is 4.96. The monoisotopic (exact) mass is 294 g/mol. The molecule has 0 saturated carbocycles. The van der Waals surface area contributed by atoms with Gasteiger partial charge in [-0.25, -0.2) is 4.39 Å². The Bertz CT molecular complexity index is 484. The third-order valence-electron chi connectivity index (χ3n) is 3.76. The van der Waals surface area contributed by atoms with E-state index in [2.05, 4.69) is 10.6 Å². The van der Waals surface area contributed by atoms with Gasteiger partial charge >= 0.3 is 0 Å². The zero-order chi connectivity index (χ0) is 15.5. The van der Waals surface area contributed by atoms with Crippen molar-refractivity contribution in [2.24, 2.45) is 5.92 Å². The summed E-state index contributed by atoms with van der Waals surface area (Å²) < 4.78 is 18.6. The fourth-order valence-corrected chi connectivity index (χ4v) is 2.34. The Hall–Kier alpha value is -1.46. The van der Waals surface area contributed by atoms with Gasteiger partial charge in [-0.1, -0.05) is 26.0 Å². The molecule has 21 heavy (non-hydrogen) atoms. The Labute approximate surface area is 125 Å². The maximum Gasteiger partial charge on any atom is 0.246 e. The molecule has 1 saturated heterocycles. The highest BCUT2D eigenvalue weighted by Gasteiger charge is 2.33. The van der Waals surface area contributed by atoms with Crippen LogP contribution in [0.15, 0.2) is 24.3 Å². The zero-order valence-corrected chi connectivity index (χ0v) is 12.8. The molecule has 0 bridgehead atoms. The lowest BCUT2D eigenvalue weighted by Gasteiger charge is -2.39. The van der Waals surface area contributed by atoms with Gasteiger partial charge in [-0.2, -0.15) is 0 Å². The largest absolute Gasteiger partial charge is 0.363 e. The molecule has 1 unspecified atom stereocenters. The van der Waals surface area contributed by atoms with Gasteiger partial charge < -0.3 is 15.4 Å². The minimum Gasteiger partial charge on any atom is -0.363 e. The van der Waals surface area contributed by atoms with Crippen molar-refractivity contribution in [3.05, 3.63) is 35.6 Å². The Morgan fingerprint density at radius 3 is 2.48 bits per heavy atom. The van der Waals surface area contributed by atoms with Crippen LogP contribution in [0.4, 0.5) is 4.39 Å². The Morgan fingerprint density at radius 1 is 1.38 bits per heavy atom. The van der Waals surface area contributed by atoms with Crippen LogP contribution < -0.4 is 10.6 Å². The Balaban J connectivity index is 1.92. The van der Waals surface area contributed by atoms with E-state index < -0.39 is 0 Å². The Morgan fingerprint density at radius 2 is 2.00 bits per heavy atom. The molecule has 1 aromatic rings. The first kappa shape index (κ1) is 15.9. The van der Waals surface area contributed by atoms with Crippen molar-refractivity contribution in [2.75, 3.05) is 19.7 Å². The molecule has 1 aliphatic heterocycles. The minimum absolute atomic E-state index is 0.0442. The molecule has 1 amide bonds. The first-order valence-electron chi connectivity index (χ1n) is 7.29. The predicted molar refractivity (Wildman–Crippen MR) is 79.3 cm³/mol. The number of ether oxygens (including phenoxy) is 1. The van der Waals surface area contributed by atoms with E-state index in [9.17, 15) is 9.18 Å². The molecule has 1 aliphatic rings. The van der Waals surface area contributed by atoms with Crippen LogP contribution in [0.2, 0.25) is 0 Å². The summed E-state index contributed by atoms with van der Waals surface area (Å²) in [6, 6.07) is 6.09. The summed E-state index contributed by atoms with van der Waals surface area (Å²) >= 11 is 0. The first-order chi connectivity index (χ1) is 9.89. The van der Waals surface area contributed by atoms with Crippen molar-refractivity contribution in [2.45, 2.75) is 32.4 Å². The highest BCUT2D eigenvalue weighted by molar-refractivity contribution is 5.77. The molecule has 1 fully saturated rings. The second-order valence-electron chi connectivity index (χ2n) is 6.18. The van der Waals surface area contributed by atoms with E-state index in [0.717, 1.165) is 18.7 Å². The van der Waals surface area contributed by atoms with Crippen molar-refractivity contribution in [1.82, 2.24) is 10.6 Å². The normalized spacial score (nSPS) is 18.1. The molecule has 116 valence electrons. The molecule has 0 radical (unpaired) electrons. The summed E-state index contributed by atoms with van der Waals surface area (Å²) in [5, 5.41) is 6.09. The van der Waals surface area contributed by atoms with E-state index in [1.165, 1.54) is 12.1 Å². The van der Waals surface area contributed by atoms with Crippen LogP contribution in [-0.2, 0) is 9.53 Å². The summed E-state index contributed by atoms with van der Waals surface area (Å²) in [7, 11) is 0. The molecule has 1 atom stereocenters. The van der Waals surface area contributed by atoms with Gasteiger partial charge in [-0.15, -0.1) is 0 Å². The van der Waals surface area contributed by atoms with Crippen molar-refractivity contribution in [3.8, 4) is 0 Å². The lowest BCUT2D eigenvalue weighted by atomic mass is 9.96. The third kappa shape index (κ3) is 4.25. The third-order valence-corrected chi connectivity index (χ3v) is 3.76. The van der Waals surface area contributed by atoms with Gasteiger partial charge in [-0.3, -0.25) is 4.79 Å². The fourth-order valence-electron chi connectivity index (χ4n) is 2.34. The number of halogens is 1. The number of hydrogen-bond donors (Lipinski definition) is 2. The van der Waals surface area contributed by atoms with Crippen LogP contribution in [0.1, 0.15) is 32.4 Å². The van der Waals surface area contributed by atoms with Crippen molar-refractivity contribution >= 4 is 5.91 Å². The molecule has 1 heterocycles. The van der Waals surface area contributed by atoms with E-state index in [4.69, 9.17) is 4.74 Å². The van der Waals surface area contributed by atoms with Gasteiger partial charge in [0.1, 0.15) is 12.4 Å². The predicted octanol–water partition coefficient (Wildman–Crippen LogP) is 2.02. The topological polar surface area (TPSA) is 50.4 Å². The van der Waals surface area contributed by atoms with Gasteiger partial charge in [0.05, 0.1) is 11.6 Å². The van der Waals surface area contributed by atoms with Crippen LogP contribution in [0.25, 0.3) is 0 Å². The highest BCUT2D eigenvalue weighted by Crippen LogP contribution is 2.22. The SMILES string of the molecule is CC(C)C(NC(=O)COC1(C)CNC1)c1ccc(F)cc1. The molecule has 0 aromatic heterocycles. The van der Waals surface area contributed by atoms with Crippen LogP contribution in [0, 0.1) is 11.7 Å². The number of benzene rings is 1. The molecule has 0 spiro atoms. The molecule has 5 heteroatoms. The maximum atomic E-state index is 13.0. The van der Waals surface area contributed by atoms with E-state index in [1.54, 1.807) is 12.1 Å². The van der Waals surface area contributed by atoms with E-state index in [1.807, 2.05) is 20.8 Å². The quantitative estimate of drug-likeness (QED) is 0.844. The standard InChI is InChI=1S/C16H23FN2O2/c1-11(2)15(12-4-6-13(17)7-5-12)19-14(20)8-21-16(3)9-18-10-16/h4-7,11,15,18H,8-10H2,1-3H3,(H,19,20). The molecule has 1 aromatic carbocycles. The smallest absolute Gasteiger partial charge is 0.246 e. The summed E-state index contributed by atoms with van der Waals surface area (Å²) in [4.78, 5) is 12.1. The lowest BCUT2D eigenvalue weighted by molar-refractivity contribution is -0.136.